The molecule has 0 aromatic carbocycles. The van der Waals surface area contributed by atoms with E-state index in [0.717, 1.165) is 13.0 Å². The lowest BCUT2D eigenvalue weighted by atomic mass is 9.98. The molecule has 0 bridgehead atoms. The van der Waals surface area contributed by atoms with Gasteiger partial charge < -0.3 is 9.80 Å². The van der Waals surface area contributed by atoms with Gasteiger partial charge in [0.15, 0.2) is 0 Å². The lowest BCUT2D eigenvalue weighted by Gasteiger charge is -2.37. The Balaban J connectivity index is 2.76. The molecule has 0 saturated carbocycles. The van der Waals surface area contributed by atoms with Crippen LogP contribution < -0.4 is 5.32 Å². The van der Waals surface area contributed by atoms with Gasteiger partial charge in [0.05, 0.1) is 12.2 Å². The van der Waals surface area contributed by atoms with E-state index in [2.05, 4.69) is 58.9 Å². The van der Waals surface area contributed by atoms with Crippen LogP contribution in [0.5, 0.6) is 0 Å². The van der Waals surface area contributed by atoms with Gasteiger partial charge >= 0.3 is 0 Å². The Morgan fingerprint density at radius 3 is 2.44 bits per heavy atom. The molecule has 1 amide bonds. The van der Waals surface area contributed by atoms with Gasteiger partial charge in [0.2, 0.25) is 5.91 Å². The predicted molar refractivity (Wildman–Crippen MR) is 75.3 cm³/mol. The number of carbonyl (C=O) groups excluding carboxylic acids is 1. The van der Waals surface area contributed by atoms with E-state index < -0.39 is 0 Å². The predicted octanol–water partition coefficient (Wildman–Crippen LogP) is 1.52. The van der Waals surface area contributed by atoms with Gasteiger partial charge in [-0.1, -0.05) is 20.3 Å². The van der Waals surface area contributed by atoms with Crippen molar-refractivity contribution in [1.82, 2.24) is 15.1 Å². The number of likely N-dealkylation sites (N-methyl/N-ethyl adjacent to an activating group) is 1. The molecule has 4 nitrogen and oxygen atoms in total. The van der Waals surface area contributed by atoms with Gasteiger partial charge in [-0.05, 0) is 40.8 Å². The maximum Gasteiger partial charge on any atom is 0.241 e. The summed E-state index contributed by atoms with van der Waals surface area (Å²) in [6.45, 7) is 11.5. The fourth-order valence-electron chi connectivity index (χ4n) is 2.21. The van der Waals surface area contributed by atoms with E-state index in [-0.39, 0.29) is 23.7 Å². The summed E-state index contributed by atoms with van der Waals surface area (Å²) >= 11 is 0. The minimum atomic E-state index is -0.0111. The molecule has 4 heteroatoms. The summed E-state index contributed by atoms with van der Waals surface area (Å²) < 4.78 is 0. The van der Waals surface area contributed by atoms with E-state index in [0.29, 0.717) is 5.92 Å². The molecule has 1 saturated heterocycles. The van der Waals surface area contributed by atoms with Crippen molar-refractivity contribution in [2.45, 2.75) is 58.8 Å². The number of rotatable bonds is 5. The zero-order valence-corrected chi connectivity index (χ0v) is 12.9. The molecule has 1 heterocycles. The molecule has 3 unspecified atom stereocenters. The average Bonchev–Trinajstić information content (AvgIpc) is 2.55. The van der Waals surface area contributed by atoms with Crippen molar-refractivity contribution >= 4 is 5.91 Å². The molecule has 1 rings (SSSR count). The van der Waals surface area contributed by atoms with Gasteiger partial charge in [-0.15, -0.1) is 0 Å². The van der Waals surface area contributed by atoms with E-state index in [1.54, 1.807) is 0 Å². The standard InChI is InChI=1S/C14H29N3O/c1-8-10(2)12-13(18)17(11(3)15-12)9-14(4,5)16(6)7/h10-12,15H,8-9H2,1-7H3. The van der Waals surface area contributed by atoms with Crippen LogP contribution in [0.3, 0.4) is 0 Å². The zero-order chi connectivity index (χ0) is 14.1. The lowest BCUT2D eigenvalue weighted by molar-refractivity contribution is -0.132. The highest BCUT2D eigenvalue weighted by Gasteiger charge is 2.41. The van der Waals surface area contributed by atoms with E-state index in [1.165, 1.54) is 0 Å². The van der Waals surface area contributed by atoms with Crippen molar-refractivity contribution in [3.63, 3.8) is 0 Å². The van der Waals surface area contributed by atoms with Crippen LogP contribution in [-0.4, -0.2) is 54.1 Å². The van der Waals surface area contributed by atoms with Crippen LogP contribution in [0.15, 0.2) is 0 Å². The molecule has 1 aliphatic rings. The molecule has 0 aromatic heterocycles. The van der Waals surface area contributed by atoms with E-state index in [4.69, 9.17) is 0 Å². The first-order valence-electron chi connectivity index (χ1n) is 6.94. The number of hydrogen-bond donors (Lipinski definition) is 1. The minimum Gasteiger partial charge on any atom is -0.324 e. The molecule has 18 heavy (non-hydrogen) atoms. The first-order valence-corrected chi connectivity index (χ1v) is 6.94. The van der Waals surface area contributed by atoms with E-state index in [1.807, 2.05) is 4.90 Å². The second kappa shape index (κ2) is 5.57. The highest BCUT2D eigenvalue weighted by Crippen LogP contribution is 2.22. The van der Waals surface area contributed by atoms with Crippen LogP contribution in [0.25, 0.3) is 0 Å². The molecule has 1 N–H and O–H groups in total. The summed E-state index contributed by atoms with van der Waals surface area (Å²) in [6.07, 6.45) is 1.16. The fraction of sp³-hybridized carbons (Fsp3) is 0.929. The summed E-state index contributed by atoms with van der Waals surface area (Å²) in [4.78, 5) is 16.6. The van der Waals surface area contributed by atoms with E-state index in [9.17, 15) is 4.79 Å². The first kappa shape index (κ1) is 15.4. The molecule has 106 valence electrons. The normalized spacial score (nSPS) is 27.1. The third-order valence-corrected chi connectivity index (χ3v) is 4.42. The molecular weight excluding hydrogens is 226 g/mol. The fourth-order valence-corrected chi connectivity index (χ4v) is 2.21. The van der Waals surface area contributed by atoms with Gasteiger partial charge in [0.1, 0.15) is 0 Å². The van der Waals surface area contributed by atoms with Crippen LogP contribution in [0.2, 0.25) is 0 Å². The number of nitrogens with one attached hydrogen (secondary N) is 1. The molecule has 0 aliphatic carbocycles. The lowest BCUT2D eigenvalue weighted by Crippen LogP contribution is -2.51. The van der Waals surface area contributed by atoms with Gasteiger partial charge in [0, 0.05) is 12.1 Å². The number of nitrogens with zero attached hydrogens (tertiary/aromatic N) is 2. The number of hydrogen-bond acceptors (Lipinski definition) is 3. The first-order chi connectivity index (χ1) is 8.20. The van der Waals surface area contributed by atoms with Crippen LogP contribution in [0.1, 0.15) is 41.0 Å². The largest absolute Gasteiger partial charge is 0.324 e. The van der Waals surface area contributed by atoms with Crippen LogP contribution in [0.4, 0.5) is 0 Å². The molecule has 1 aliphatic heterocycles. The minimum absolute atomic E-state index is 0.00403. The maximum atomic E-state index is 12.5. The Hall–Kier alpha value is -0.610. The summed E-state index contributed by atoms with van der Waals surface area (Å²) in [5.74, 6) is 0.652. The SMILES string of the molecule is CCC(C)C1NC(C)N(CC(C)(C)N(C)C)C1=O. The zero-order valence-electron chi connectivity index (χ0n) is 12.9. The van der Waals surface area contributed by atoms with Gasteiger partial charge in [-0.3, -0.25) is 10.1 Å². The second-order valence-corrected chi connectivity index (χ2v) is 6.38. The highest BCUT2D eigenvalue weighted by molar-refractivity contribution is 5.84. The van der Waals surface area contributed by atoms with Gasteiger partial charge in [0.25, 0.3) is 0 Å². The number of carbonyl (C=O) groups is 1. The van der Waals surface area contributed by atoms with Crippen molar-refractivity contribution < 1.29 is 4.79 Å². The highest BCUT2D eigenvalue weighted by atomic mass is 16.2. The Morgan fingerprint density at radius 1 is 1.44 bits per heavy atom. The molecule has 1 fully saturated rings. The smallest absolute Gasteiger partial charge is 0.241 e. The molecular formula is C14H29N3O. The second-order valence-electron chi connectivity index (χ2n) is 6.38. The third kappa shape index (κ3) is 3.04. The Kier molecular flexibility index (Phi) is 4.78. The quantitative estimate of drug-likeness (QED) is 0.809. The number of amides is 1. The monoisotopic (exact) mass is 255 g/mol. The van der Waals surface area contributed by atoms with Crippen LogP contribution in [0, 0.1) is 5.92 Å². The van der Waals surface area contributed by atoms with E-state index >= 15 is 0 Å². The summed E-state index contributed by atoms with van der Waals surface area (Å²) in [5.41, 5.74) is -0.00403. The van der Waals surface area contributed by atoms with Gasteiger partial charge in [-0.25, -0.2) is 0 Å². The summed E-state index contributed by atoms with van der Waals surface area (Å²) in [7, 11) is 4.12. The third-order valence-electron chi connectivity index (χ3n) is 4.42. The Labute approximate surface area is 112 Å². The topological polar surface area (TPSA) is 35.6 Å². The van der Waals surface area contributed by atoms with Crippen molar-refractivity contribution in [1.29, 1.82) is 0 Å². The van der Waals surface area contributed by atoms with Crippen molar-refractivity contribution in [2.24, 2.45) is 5.92 Å². The average molecular weight is 255 g/mol. The van der Waals surface area contributed by atoms with Crippen molar-refractivity contribution in [3.05, 3.63) is 0 Å². The Morgan fingerprint density at radius 2 is 2.00 bits per heavy atom. The van der Waals surface area contributed by atoms with Crippen LogP contribution >= 0.6 is 0 Å². The van der Waals surface area contributed by atoms with Crippen molar-refractivity contribution in [3.8, 4) is 0 Å². The summed E-state index contributed by atoms with van der Waals surface area (Å²) in [5, 5.41) is 3.42. The molecule has 3 atom stereocenters. The summed E-state index contributed by atoms with van der Waals surface area (Å²) in [6, 6.07) is -0.0111. The molecule has 0 aromatic rings. The van der Waals surface area contributed by atoms with Crippen LogP contribution in [-0.2, 0) is 4.79 Å². The van der Waals surface area contributed by atoms with Gasteiger partial charge in [-0.2, -0.15) is 0 Å². The maximum absolute atomic E-state index is 12.5. The Bertz CT molecular complexity index is 301. The molecule has 0 radical (unpaired) electrons. The molecule has 0 spiro atoms. The van der Waals surface area contributed by atoms with Crippen molar-refractivity contribution in [2.75, 3.05) is 20.6 Å².